The molecule has 7 heteroatoms. The molecule has 2 heterocycles. The van der Waals surface area contributed by atoms with Gasteiger partial charge in [-0.3, -0.25) is 4.79 Å². The molecule has 6 nitrogen and oxygen atoms in total. The number of ether oxygens (including phenoxy) is 1. The third-order valence-corrected chi connectivity index (χ3v) is 9.04. The number of piperidine rings is 1. The van der Waals surface area contributed by atoms with Crippen LogP contribution in [0.5, 0.6) is 5.88 Å². The van der Waals surface area contributed by atoms with Gasteiger partial charge < -0.3 is 15.4 Å². The van der Waals surface area contributed by atoms with Crippen LogP contribution < -0.4 is 15.4 Å². The molecule has 192 valence electrons. The molecule has 1 saturated heterocycles. The van der Waals surface area contributed by atoms with Crippen LogP contribution >= 0.6 is 12.4 Å². The number of hydrogen-bond donors (Lipinski definition) is 2. The van der Waals surface area contributed by atoms with Crippen LogP contribution in [0.15, 0.2) is 6.20 Å². The number of fused-ring (bicyclic) bond motifs is 2. The fourth-order valence-corrected chi connectivity index (χ4v) is 7.01. The molecule has 0 atom stereocenters. The van der Waals surface area contributed by atoms with Crippen LogP contribution in [0.3, 0.4) is 0 Å². The third-order valence-electron chi connectivity index (χ3n) is 9.04. The summed E-state index contributed by atoms with van der Waals surface area (Å²) in [6.07, 6.45) is 19.5. The highest BCUT2D eigenvalue weighted by Crippen LogP contribution is 2.40. The zero-order valence-corrected chi connectivity index (χ0v) is 21.6. The highest BCUT2D eigenvalue weighted by Gasteiger charge is 2.38. The molecule has 0 radical (unpaired) electrons. The predicted octanol–water partition coefficient (Wildman–Crippen LogP) is 5.35. The quantitative estimate of drug-likeness (QED) is 0.513. The average molecular weight is 493 g/mol. The van der Waals surface area contributed by atoms with Crippen LogP contribution in [0.2, 0.25) is 0 Å². The van der Waals surface area contributed by atoms with Gasteiger partial charge in [-0.1, -0.05) is 32.1 Å². The Morgan fingerprint density at radius 3 is 2.29 bits per heavy atom. The summed E-state index contributed by atoms with van der Waals surface area (Å²) in [5, 5.41) is 11.6. The van der Waals surface area contributed by atoms with Crippen LogP contribution in [-0.2, 0) is 6.54 Å². The van der Waals surface area contributed by atoms with Gasteiger partial charge in [-0.2, -0.15) is 5.10 Å². The second-order valence-corrected chi connectivity index (χ2v) is 11.3. The minimum atomic E-state index is 0. The first kappa shape index (κ1) is 25.8. The van der Waals surface area contributed by atoms with Crippen molar-refractivity contribution in [3.63, 3.8) is 0 Å². The molecule has 0 spiro atoms. The van der Waals surface area contributed by atoms with Gasteiger partial charge in [-0.15, -0.1) is 12.4 Å². The first-order chi connectivity index (χ1) is 16.3. The largest absolute Gasteiger partial charge is 0.477 e. The van der Waals surface area contributed by atoms with Crippen LogP contribution in [-0.4, -0.2) is 41.4 Å². The van der Waals surface area contributed by atoms with Gasteiger partial charge in [-0.05, 0) is 94.5 Å². The van der Waals surface area contributed by atoms with E-state index in [4.69, 9.17) is 4.74 Å². The lowest BCUT2D eigenvalue weighted by Crippen LogP contribution is -2.49. The number of aromatic nitrogens is 2. The van der Waals surface area contributed by atoms with E-state index in [1.807, 2.05) is 4.68 Å². The molecule has 1 amide bonds. The lowest BCUT2D eigenvalue weighted by molar-refractivity contribution is 0.0783. The van der Waals surface area contributed by atoms with E-state index in [0.29, 0.717) is 41.8 Å². The van der Waals surface area contributed by atoms with Crippen LogP contribution in [0, 0.1) is 23.7 Å². The summed E-state index contributed by atoms with van der Waals surface area (Å²) in [6.45, 7) is 3.79. The lowest BCUT2D eigenvalue weighted by atomic mass is 9.68. The summed E-state index contributed by atoms with van der Waals surface area (Å²) in [7, 11) is 0. The second-order valence-electron chi connectivity index (χ2n) is 11.3. The van der Waals surface area contributed by atoms with Crippen molar-refractivity contribution < 1.29 is 9.53 Å². The molecule has 0 aromatic carbocycles. The number of hydrogen-bond acceptors (Lipinski definition) is 4. The molecule has 2 N–H and O–H groups in total. The minimum absolute atomic E-state index is 0. The number of halogens is 1. The summed E-state index contributed by atoms with van der Waals surface area (Å²) in [5.41, 5.74) is 0.653. The number of rotatable bonds is 8. The zero-order valence-electron chi connectivity index (χ0n) is 20.8. The Balaban J connectivity index is 0.00000274. The summed E-state index contributed by atoms with van der Waals surface area (Å²) in [5.74, 6) is 3.41. The molecule has 3 aliphatic carbocycles. The summed E-state index contributed by atoms with van der Waals surface area (Å²) < 4.78 is 8.41. The Morgan fingerprint density at radius 2 is 1.62 bits per heavy atom. The monoisotopic (exact) mass is 492 g/mol. The molecule has 1 aromatic rings. The maximum atomic E-state index is 13.5. The molecule has 3 saturated carbocycles. The van der Waals surface area contributed by atoms with Gasteiger partial charge >= 0.3 is 0 Å². The first-order valence-corrected chi connectivity index (χ1v) is 14.0. The molecule has 34 heavy (non-hydrogen) atoms. The van der Waals surface area contributed by atoms with Crippen molar-refractivity contribution in [1.82, 2.24) is 20.4 Å². The van der Waals surface area contributed by atoms with Gasteiger partial charge in [-0.25, -0.2) is 4.68 Å². The Labute approximate surface area is 211 Å². The SMILES string of the molecule is Cl.O=C(NC1C2CCCC1CCC2)c1cnn(CCC2CCNCC2)c1OCC1CCCCC1. The van der Waals surface area contributed by atoms with Crippen LogP contribution in [0.1, 0.15) is 100 Å². The highest BCUT2D eigenvalue weighted by molar-refractivity contribution is 5.96. The minimum Gasteiger partial charge on any atom is -0.477 e. The van der Waals surface area contributed by atoms with Crippen molar-refractivity contribution in [2.45, 2.75) is 102 Å². The van der Waals surface area contributed by atoms with Gasteiger partial charge in [0.2, 0.25) is 5.88 Å². The van der Waals surface area contributed by atoms with Gasteiger partial charge in [0.15, 0.2) is 0 Å². The summed E-state index contributed by atoms with van der Waals surface area (Å²) in [4.78, 5) is 13.5. The first-order valence-electron chi connectivity index (χ1n) is 14.0. The van der Waals surface area contributed by atoms with Crippen molar-refractivity contribution in [2.75, 3.05) is 19.7 Å². The van der Waals surface area contributed by atoms with E-state index < -0.39 is 0 Å². The van der Waals surface area contributed by atoms with E-state index >= 15 is 0 Å². The molecule has 2 bridgehead atoms. The fourth-order valence-electron chi connectivity index (χ4n) is 7.01. The predicted molar refractivity (Wildman–Crippen MR) is 138 cm³/mol. The van der Waals surface area contributed by atoms with Crippen molar-refractivity contribution in [3.8, 4) is 5.88 Å². The molecular weight excluding hydrogens is 448 g/mol. The molecule has 1 aliphatic heterocycles. The third kappa shape index (κ3) is 6.29. The lowest BCUT2D eigenvalue weighted by Gasteiger charge is -2.42. The summed E-state index contributed by atoms with van der Waals surface area (Å²) in [6, 6.07) is 0.337. The molecule has 4 aliphatic rings. The number of nitrogens with zero attached hydrogens (tertiary/aromatic N) is 2. The maximum absolute atomic E-state index is 13.5. The van der Waals surface area contributed by atoms with Crippen LogP contribution in [0.4, 0.5) is 0 Å². The second kappa shape index (κ2) is 12.6. The fraction of sp³-hybridized carbons (Fsp3) is 0.852. The molecule has 1 aromatic heterocycles. The van der Waals surface area contributed by atoms with Crippen molar-refractivity contribution >= 4 is 18.3 Å². The van der Waals surface area contributed by atoms with Crippen molar-refractivity contribution in [2.24, 2.45) is 23.7 Å². The smallest absolute Gasteiger partial charge is 0.258 e. The number of nitrogens with one attached hydrogen (secondary N) is 2. The number of carbonyl (C=O) groups excluding carboxylic acids is 1. The van der Waals surface area contributed by atoms with Gasteiger partial charge in [0.1, 0.15) is 5.56 Å². The number of amides is 1. The van der Waals surface area contributed by atoms with E-state index in [1.165, 1.54) is 83.5 Å². The van der Waals surface area contributed by atoms with Crippen LogP contribution in [0.25, 0.3) is 0 Å². The van der Waals surface area contributed by atoms with E-state index in [2.05, 4.69) is 15.7 Å². The molecule has 4 fully saturated rings. The summed E-state index contributed by atoms with van der Waals surface area (Å²) >= 11 is 0. The Kier molecular flexibility index (Phi) is 9.58. The standard InChI is InChI=1S/C27H44N4O2.ClH/c32-26(30-25-22-8-4-9-23(25)11-5-10-22)24-18-29-31(17-14-20-12-15-28-16-13-20)27(24)33-19-21-6-2-1-3-7-21;/h18,20-23,25,28H,1-17,19H2,(H,30,32);1H. The van der Waals surface area contributed by atoms with Crippen molar-refractivity contribution in [3.05, 3.63) is 11.8 Å². The molecule has 5 rings (SSSR count). The molecular formula is C27H45ClN4O2. The average Bonchev–Trinajstić information content (AvgIpc) is 3.25. The molecule has 0 unspecified atom stereocenters. The van der Waals surface area contributed by atoms with Gasteiger partial charge in [0.05, 0.1) is 12.8 Å². The topological polar surface area (TPSA) is 68.2 Å². The normalized spacial score (nSPS) is 28.2. The zero-order chi connectivity index (χ0) is 22.5. The highest BCUT2D eigenvalue weighted by atomic mass is 35.5. The van der Waals surface area contributed by atoms with Crippen molar-refractivity contribution in [1.29, 1.82) is 0 Å². The number of aryl methyl sites for hydroxylation is 1. The van der Waals surface area contributed by atoms with Gasteiger partial charge in [0, 0.05) is 12.6 Å². The maximum Gasteiger partial charge on any atom is 0.258 e. The van der Waals surface area contributed by atoms with E-state index in [-0.39, 0.29) is 18.3 Å². The van der Waals surface area contributed by atoms with E-state index in [0.717, 1.165) is 32.0 Å². The Morgan fingerprint density at radius 1 is 0.941 bits per heavy atom. The Bertz CT molecular complexity index is 751. The van der Waals surface area contributed by atoms with E-state index in [1.54, 1.807) is 6.20 Å². The van der Waals surface area contributed by atoms with Gasteiger partial charge in [0.25, 0.3) is 5.91 Å². The number of carbonyl (C=O) groups is 1. The Hall–Kier alpha value is -1.27. The van der Waals surface area contributed by atoms with E-state index in [9.17, 15) is 4.79 Å².